The summed E-state index contributed by atoms with van der Waals surface area (Å²) in [5, 5.41) is 6.13. The lowest BCUT2D eigenvalue weighted by atomic mass is 10.1. The molecular weight excluding hydrogens is 406 g/mol. The van der Waals surface area contributed by atoms with Crippen molar-refractivity contribution in [2.45, 2.75) is 31.8 Å². The van der Waals surface area contributed by atoms with Crippen LogP contribution in [0.5, 0.6) is 5.75 Å². The highest BCUT2D eigenvalue weighted by atomic mass is 16.5. The topological polar surface area (TPSA) is 104 Å². The average molecular weight is 438 g/mol. The first kappa shape index (κ1) is 22.1. The molecule has 170 valence electrons. The van der Waals surface area contributed by atoms with Gasteiger partial charge in [-0.3, -0.25) is 9.79 Å². The SMILES string of the molecule is COc1cc(-c2ccc[nH]2)[nH]c1C=C1C=CC(CCCCCNC(=O)C2CNCCO2)=N1. The maximum Gasteiger partial charge on any atom is 0.250 e. The summed E-state index contributed by atoms with van der Waals surface area (Å²) in [4.78, 5) is 23.3. The molecule has 0 spiro atoms. The second-order valence-electron chi connectivity index (χ2n) is 7.92. The Morgan fingerprint density at radius 2 is 2.25 bits per heavy atom. The lowest BCUT2D eigenvalue weighted by molar-refractivity contribution is -0.134. The number of nitrogens with one attached hydrogen (secondary N) is 4. The zero-order valence-corrected chi connectivity index (χ0v) is 18.4. The predicted octanol–water partition coefficient (Wildman–Crippen LogP) is 3.04. The van der Waals surface area contributed by atoms with Gasteiger partial charge in [0, 0.05) is 37.6 Å². The number of rotatable bonds is 10. The molecule has 2 aliphatic heterocycles. The van der Waals surface area contributed by atoms with E-state index in [-0.39, 0.29) is 12.0 Å². The molecule has 1 atom stereocenters. The van der Waals surface area contributed by atoms with E-state index < -0.39 is 0 Å². The van der Waals surface area contributed by atoms with Gasteiger partial charge in [-0.15, -0.1) is 0 Å². The highest BCUT2D eigenvalue weighted by Gasteiger charge is 2.20. The highest BCUT2D eigenvalue weighted by Crippen LogP contribution is 2.29. The van der Waals surface area contributed by atoms with E-state index in [4.69, 9.17) is 14.5 Å². The highest BCUT2D eigenvalue weighted by molar-refractivity contribution is 5.99. The van der Waals surface area contributed by atoms with E-state index in [2.05, 4.69) is 26.7 Å². The molecule has 32 heavy (non-hydrogen) atoms. The lowest BCUT2D eigenvalue weighted by Crippen LogP contribution is -2.48. The van der Waals surface area contributed by atoms with Gasteiger partial charge < -0.3 is 30.1 Å². The minimum absolute atomic E-state index is 0.0192. The van der Waals surface area contributed by atoms with Crippen LogP contribution in [0.3, 0.4) is 0 Å². The third-order valence-corrected chi connectivity index (χ3v) is 5.56. The quantitative estimate of drug-likeness (QED) is 0.429. The smallest absolute Gasteiger partial charge is 0.250 e. The summed E-state index contributed by atoms with van der Waals surface area (Å²) in [6.07, 6.45) is 11.6. The van der Waals surface area contributed by atoms with Gasteiger partial charge in [-0.05, 0) is 49.6 Å². The molecule has 1 saturated heterocycles. The van der Waals surface area contributed by atoms with Gasteiger partial charge in [-0.25, -0.2) is 0 Å². The summed E-state index contributed by atoms with van der Waals surface area (Å²) >= 11 is 0. The van der Waals surface area contributed by atoms with Crippen molar-refractivity contribution in [3.8, 4) is 17.1 Å². The molecule has 1 amide bonds. The Hall–Kier alpha value is -3.10. The van der Waals surface area contributed by atoms with Gasteiger partial charge >= 0.3 is 0 Å². The Labute approximate surface area is 188 Å². The Balaban J connectivity index is 1.21. The summed E-state index contributed by atoms with van der Waals surface area (Å²) in [7, 11) is 1.67. The van der Waals surface area contributed by atoms with Crippen LogP contribution in [0.2, 0.25) is 0 Å². The molecule has 2 aromatic rings. The van der Waals surface area contributed by atoms with Crippen LogP contribution in [0.15, 0.2) is 47.2 Å². The van der Waals surface area contributed by atoms with Crippen LogP contribution in [0.1, 0.15) is 31.4 Å². The van der Waals surface area contributed by atoms with Crippen LogP contribution in [-0.2, 0) is 9.53 Å². The summed E-state index contributed by atoms with van der Waals surface area (Å²) in [6, 6.07) is 5.96. The van der Waals surface area contributed by atoms with Gasteiger partial charge in [0.2, 0.25) is 5.91 Å². The third-order valence-electron chi connectivity index (χ3n) is 5.56. The largest absolute Gasteiger partial charge is 0.494 e. The van der Waals surface area contributed by atoms with Gasteiger partial charge in [0.15, 0.2) is 0 Å². The van der Waals surface area contributed by atoms with Gasteiger partial charge in [-0.2, -0.15) is 0 Å². The van der Waals surface area contributed by atoms with Crippen LogP contribution in [0.25, 0.3) is 17.5 Å². The number of allylic oxidation sites excluding steroid dienone is 2. The van der Waals surface area contributed by atoms with E-state index in [9.17, 15) is 4.79 Å². The zero-order valence-electron chi connectivity index (χ0n) is 18.4. The normalized spacial score (nSPS) is 19.3. The second-order valence-corrected chi connectivity index (χ2v) is 7.92. The fourth-order valence-corrected chi connectivity index (χ4v) is 3.83. The lowest BCUT2D eigenvalue weighted by Gasteiger charge is -2.22. The fraction of sp³-hybridized carbons (Fsp3) is 0.417. The number of hydrogen-bond acceptors (Lipinski definition) is 5. The number of morpholine rings is 1. The van der Waals surface area contributed by atoms with Crippen molar-refractivity contribution >= 4 is 17.7 Å². The van der Waals surface area contributed by atoms with Crippen LogP contribution in [0.4, 0.5) is 0 Å². The number of H-pyrrole nitrogens is 2. The number of hydrogen-bond donors (Lipinski definition) is 4. The number of nitrogens with zero attached hydrogens (tertiary/aromatic N) is 1. The van der Waals surface area contributed by atoms with Crippen LogP contribution in [-0.4, -0.2) is 61.0 Å². The minimum atomic E-state index is -0.357. The number of aliphatic imine (C=N–C) groups is 1. The molecule has 0 radical (unpaired) electrons. The molecular formula is C24H31N5O3. The number of carbonyl (C=O) groups is 1. The summed E-state index contributed by atoms with van der Waals surface area (Å²) in [6.45, 7) is 2.68. The van der Waals surface area contributed by atoms with Crippen molar-refractivity contribution in [3.05, 3.63) is 47.9 Å². The molecule has 4 heterocycles. The molecule has 1 unspecified atom stereocenters. The van der Waals surface area contributed by atoms with Gasteiger partial charge in [0.1, 0.15) is 11.9 Å². The van der Waals surface area contributed by atoms with E-state index in [0.717, 1.165) is 66.5 Å². The van der Waals surface area contributed by atoms with Crippen LogP contribution >= 0.6 is 0 Å². The maximum absolute atomic E-state index is 12.0. The summed E-state index contributed by atoms with van der Waals surface area (Å²) < 4.78 is 11.0. The van der Waals surface area contributed by atoms with Crippen molar-refractivity contribution in [2.24, 2.45) is 4.99 Å². The van der Waals surface area contributed by atoms with Crippen molar-refractivity contribution in [1.82, 2.24) is 20.6 Å². The van der Waals surface area contributed by atoms with E-state index in [1.54, 1.807) is 7.11 Å². The molecule has 4 N–H and O–H groups in total. The number of methoxy groups -OCH3 is 1. The Kier molecular flexibility index (Phi) is 7.58. The van der Waals surface area contributed by atoms with Crippen LogP contribution < -0.4 is 15.4 Å². The van der Waals surface area contributed by atoms with E-state index in [1.807, 2.05) is 36.5 Å². The number of carbonyl (C=O) groups excluding carboxylic acids is 1. The van der Waals surface area contributed by atoms with E-state index in [1.165, 1.54) is 0 Å². The van der Waals surface area contributed by atoms with Gasteiger partial charge in [-0.1, -0.05) is 6.42 Å². The van der Waals surface area contributed by atoms with Crippen LogP contribution in [0, 0.1) is 0 Å². The molecule has 2 aromatic heterocycles. The molecule has 0 aliphatic carbocycles. The number of ether oxygens (including phenoxy) is 2. The monoisotopic (exact) mass is 437 g/mol. The fourth-order valence-electron chi connectivity index (χ4n) is 3.83. The standard InChI is InChI=1S/C24H31N5O3/c1-31-22-15-20(19-7-5-11-26-19)29-21(22)14-18-9-8-17(28-18)6-3-2-4-10-27-24(30)23-16-25-12-13-32-23/h5,7-9,11,14-15,23,25-26,29H,2-4,6,10,12-13,16H2,1H3,(H,27,30). The molecule has 0 saturated carbocycles. The third kappa shape index (κ3) is 5.77. The van der Waals surface area contributed by atoms with Gasteiger partial charge in [0.25, 0.3) is 0 Å². The van der Waals surface area contributed by atoms with E-state index >= 15 is 0 Å². The molecule has 1 fully saturated rings. The Morgan fingerprint density at radius 1 is 1.31 bits per heavy atom. The Bertz CT molecular complexity index is 981. The number of amides is 1. The summed E-state index contributed by atoms with van der Waals surface area (Å²) in [5.74, 6) is 0.768. The molecule has 8 nitrogen and oxygen atoms in total. The van der Waals surface area contributed by atoms with Gasteiger partial charge in [0.05, 0.1) is 36.5 Å². The van der Waals surface area contributed by atoms with Crippen molar-refractivity contribution < 1.29 is 14.3 Å². The van der Waals surface area contributed by atoms with Crippen molar-refractivity contribution in [3.63, 3.8) is 0 Å². The zero-order chi connectivity index (χ0) is 22.2. The minimum Gasteiger partial charge on any atom is -0.494 e. The number of aromatic amines is 2. The first-order valence-electron chi connectivity index (χ1n) is 11.2. The molecule has 8 heteroatoms. The van der Waals surface area contributed by atoms with Crippen molar-refractivity contribution in [1.29, 1.82) is 0 Å². The molecule has 0 bridgehead atoms. The number of unbranched alkanes of at least 4 members (excludes halogenated alkanes) is 2. The van der Waals surface area contributed by atoms with Crippen molar-refractivity contribution in [2.75, 3.05) is 33.4 Å². The second kappa shape index (κ2) is 11.0. The first-order chi connectivity index (χ1) is 15.7. The molecule has 0 aromatic carbocycles. The average Bonchev–Trinajstić information content (AvgIpc) is 3.58. The maximum atomic E-state index is 12.0. The van der Waals surface area contributed by atoms with E-state index in [0.29, 0.717) is 19.7 Å². The first-order valence-corrected chi connectivity index (χ1v) is 11.2. The predicted molar refractivity (Wildman–Crippen MR) is 126 cm³/mol. The summed E-state index contributed by atoms with van der Waals surface area (Å²) in [5.41, 5.74) is 4.87. The number of aromatic nitrogens is 2. The Morgan fingerprint density at radius 3 is 3.03 bits per heavy atom. The molecule has 2 aliphatic rings. The molecule has 4 rings (SSSR count).